The molecule has 0 radical (unpaired) electrons. The molecule has 0 aromatic rings. The minimum absolute atomic E-state index is 0.160. The Labute approximate surface area is 50.1 Å². The molecule has 0 aliphatic rings. The fourth-order valence-corrected chi connectivity index (χ4v) is 0.474. The van der Waals surface area contributed by atoms with Gasteiger partial charge in [0, 0.05) is 6.42 Å². The lowest BCUT2D eigenvalue weighted by molar-refractivity contribution is -0.119. The molecule has 1 unspecified atom stereocenters. The van der Waals surface area contributed by atoms with E-state index in [2.05, 4.69) is 0 Å². The van der Waals surface area contributed by atoms with Gasteiger partial charge < -0.3 is 5.73 Å². The third kappa shape index (κ3) is 2.75. The van der Waals surface area contributed by atoms with E-state index in [4.69, 9.17) is 5.73 Å². The van der Waals surface area contributed by atoms with Crippen molar-refractivity contribution in [3.8, 4) is 0 Å². The summed E-state index contributed by atoms with van der Waals surface area (Å²) in [5, 5.41) is 0. The second-order valence-corrected chi connectivity index (χ2v) is 2.00. The van der Waals surface area contributed by atoms with Crippen molar-refractivity contribution in [2.24, 2.45) is 5.73 Å². The van der Waals surface area contributed by atoms with Crippen LogP contribution < -0.4 is 5.73 Å². The van der Waals surface area contributed by atoms with Crippen molar-refractivity contribution >= 4 is 5.78 Å². The van der Waals surface area contributed by atoms with Gasteiger partial charge in [0.1, 0.15) is 5.78 Å². The third-order valence-electron chi connectivity index (χ3n) is 1.00. The molecule has 0 saturated carbocycles. The number of ketones is 1. The summed E-state index contributed by atoms with van der Waals surface area (Å²) < 4.78 is 0. The quantitative estimate of drug-likeness (QED) is 0.588. The molecule has 0 fully saturated rings. The van der Waals surface area contributed by atoms with Gasteiger partial charge in [0.15, 0.2) is 0 Å². The molecular weight excluding hydrogens is 102 g/mol. The Morgan fingerprint density at radius 2 is 2.25 bits per heavy atom. The maximum atomic E-state index is 10.6. The summed E-state index contributed by atoms with van der Waals surface area (Å²) in [6.07, 6.45) is 1.53. The van der Waals surface area contributed by atoms with Crippen molar-refractivity contribution in [2.45, 2.75) is 32.7 Å². The molecule has 0 bridgehead atoms. The van der Waals surface area contributed by atoms with Crippen LogP contribution in [0.5, 0.6) is 0 Å². The molecule has 2 nitrogen and oxygen atoms in total. The molecule has 0 saturated heterocycles. The van der Waals surface area contributed by atoms with Crippen LogP contribution in [0, 0.1) is 0 Å². The first-order valence-electron chi connectivity index (χ1n) is 2.96. The summed E-state index contributed by atoms with van der Waals surface area (Å²) in [5.41, 5.74) is 5.27. The Balaban J connectivity index is 3.33. The van der Waals surface area contributed by atoms with Gasteiger partial charge in [-0.1, -0.05) is 6.92 Å². The Morgan fingerprint density at radius 3 is 2.38 bits per heavy atom. The molecule has 0 spiro atoms. The Bertz CT molecular complexity index is 78.6. The maximum Gasteiger partial charge on any atom is 0.149 e. The van der Waals surface area contributed by atoms with E-state index in [0.717, 1.165) is 6.42 Å². The summed E-state index contributed by atoms with van der Waals surface area (Å²) in [5.74, 6) is 0.160. The predicted molar refractivity (Wildman–Crippen MR) is 33.6 cm³/mol. The van der Waals surface area contributed by atoms with E-state index in [1.165, 1.54) is 0 Å². The second-order valence-electron chi connectivity index (χ2n) is 2.00. The van der Waals surface area contributed by atoms with Crippen LogP contribution in [-0.4, -0.2) is 11.8 Å². The zero-order valence-corrected chi connectivity index (χ0v) is 5.48. The third-order valence-corrected chi connectivity index (χ3v) is 1.00. The van der Waals surface area contributed by atoms with Gasteiger partial charge in [-0.25, -0.2) is 0 Å². The molecule has 0 aromatic carbocycles. The van der Waals surface area contributed by atoms with Crippen molar-refractivity contribution in [2.75, 3.05) is 0 Å². The van der Waals surface area contributed by atoms with Crippen LogP contribution in [0.1, 0.15) is 26.7 Å². The summed E-state index contributed by atoms with van der Waals surface area (Å²) in [7, 11) is 0. The summed E-state index contributed by atoms with van der Waals surface area (Å²) in [6, 6.07) is -0.269. The lowest BCUT2D eigenvalue weighted by Crippen LogP contribution is -2.25. The SMILES string of the molecule is CCCC(=O)C(C)N. The van der Waals surface area contributed by atoms with Crippen LogP contribution in [0.25, 0.3) is 0 Å². The van der Waals surface area contributed by atoms with Gasteiger partial charge in [-0.3, -0.25) is 4.79 Å². The van der Waals surface area contributed by atoms with E-state index in [1.54, 1.807) is 6.92 Å². The number of rotatable bonds is 3. The monoisotopic (exact) mass is 115 g/mol. The first kappa shape index (κ1) is 7.63. The van der Waals surface area contributed by atoms with E-state index in [-0.39, 0.29) is 11.8 Å². The zero-order chi connectivity index (χ0) is 6.57. The number of Topliss-reactive ketones (excluding diaryl/α,β-unsaturated/α-hetero) is 1. The van der Waals surface area contributed by atoms with Crippen molar-refractivity contribution in [3.05, 3.63) is 0 Å². The van der Waals surface area contributed by atoms with Crippen LogP contribution in [0.2, 0.25) is 0 Å². The molecule has 8 heavy (non-hydrogen) atoms. The van der Waals surface area contributed by atoms with Gasteiger partial charge in [0.25, 0.3) is 0 Å². The lowest BCUT2D eigenvalue weighted by atomic mass is 10.1. The van der Waals surface area contributed by atoms with Crippen LogP contribution in [-0.2, 0) is 4.79 Å². The minimum Gasteiger partial charge on any atom is -0.322 e. The van der Waals surface area contributed by atoms with Crippen LogP contribution in [0.3, 0.4) is 0 Å². The number of hydrogen-bond donors (Lipinski definition) is 1. The number of nitrogens with two attached hydrogens (primary N) is 1. The van der Waals surface area contributed by atoms with Gasteiger partial charge in [-0.15, -0.1) is 0 Å². The Kier molecular flexibility index (Phi) is 3.44. The highest BCUT2D eigenvalue weighted by molar-refractivity contribution is 5.83. The first-order chi connectivity index (χ1) is 3.68. The van der Waals surface area contributed by atoms with Gasteiger partial charge in [0.2, 0.25) is 0 Å². The standard InChI is InChI=1S/C6H13NO/c1-3-4-6(8)5(2)7/h5H,3-4,7H2,1-2H3. The van der Waals surface area contributed by atoms with Gasteiger partial charge >= 0.3 is 0 Å². The molecule has 2 heteroatoms. The van der Waals surface area contributed by atoms with Crippen molar-refractivity contribution in [1.29, 1.82) is 0 Å². The van der Waals surface area contributed by atoms with Crippen molar-refractivity contribution in [1.82, 2.24) is 0 Å². The summed E-state index contributed by atoms with van der Waals surface area (Å²) in [4.78, 5) is 10.6. The molecule has 0 aliphatic carbocycles. The van der Waals surface area contributed by atoms with Crippen LogP contribution >= 0.6 is 0 Å². The van der Waals surface area contributed by atoms with Crippen LogP contribution in [0.4, 0.5) is 0 Å². The molecule has 0 rings (SSSR count). The largest absolute Gasteiger partial charge is 0.322 e. The highest BCUT2D eigenvalue weighted by atomic mass is 16.1. The van der Waals surface area contributed by atoms with Crippen molar-refractivity contribution in [3.63, 3.8) is 0 Å². The van der Waals surface area contributed by atoms with E-state index < -0.39 is 0 Å². The molecule has 0 heterocycles. The topological polar surface area (TPSA) is 43.1 Å². The zero-order valence-electron chi connectivity index (χ0n) is 5.48. The lowest BCUT2D eigenvalue weighted by Gasteiger charge is -1.99. The molecule has 0 aromatic heterocycles. The van der Waals surface area contributed by atoms with Gasteiger partial charge in [0.05, 0.1) is 6.04 Å². The summed E-state index contributed by atoms with van der Waals surface area (Å²) in [6.45, 7) is 3.69. The van der Waals surface area contributed by atoms with Gasteiger partial charge in [-0.05, 0) is 13.3 Å². The molecule has 48 valence electrons. The summed E-state index contributed by atoms with van der Waals surface area (Å²) >= 11 is 0. The molecular formula is C6H13NO. The van der Waals surface area contributed by atoms with Crippen molar-refractivity contribution < 1.29 is 4.79 Å². The molecule has 0 aliphatic heterocycles. The Hall–Kier alpha value is -0.370. The molecule has 2 N–H and O–H groups in total. The average molecular weight is 115 g/mol. The minimum atomic E-state index is -0.269. The fraction of sp³-hybridized carbons (Fsp3) is 0.833. The highest BCUT2D eigenvalue weighted by Gasteiger charge is 2.03. The smallest absolute Gasteiger partial charge is 0.149 e. The van der Waals surface area contributed by atoms with Gasteiger partial charge in [-0.2, -0.15) is 0 Å². The average Bonchev–Trinajstić information content (AvgIpc) is 1.67. The number of carbonyl (C=O) groups excluding carboxylic acids is 1. The Morgan fingerprint density at radius 1 is 1.75 bits per heavy atom. The fourth-order valence-electron chi connectivity index (χ4n) is 0.474. The molecule has 0 amide bonds. The van der Waals surface area contributed by atoms with E-state index in [0.29, 0.717) is 6.42 Å². The van der Waals surface area contributed by atoms with E-state index in [9.17, 15) is 4.79 Å². The normalized spacial score (nSPS) is 13.4. The number of carbonyl (C=O) groups is 1. The molecule has 1 atom stereocenters. The maximum absolute atomic E-state index is 10.6. The highest BCUT2D eigenvalue weighted by Crippen LogP contribution is 1.90. The first-order valence-corrected chi connectivity index (χ1v) is 2.96. The van der Waals surface area contributed by atoms with Crippen LogP contribution in [0.15, 0.2) is 0 Å². The van der Waals surface area contributed by atoms with E-state index >= 15 is 0 Å². The van der Waals surface area contributed by atoms with E-state index in [1.807, 2.05) is 6.92 Å². The second kappa shape index (κ2) is 3.61. The predicted octanol–water partition coefficient (Wildman–Crippen LogP) is 0.703. The number of hydrogen-bond acceptors (Lipinski definition) is 2.